The Kier molecular flexibility index (Phi) is 3.29. The van der Waals surface area contributed by atoms with Gasteiger partial charge in [0.15, 0.2) is 0 Å². The fraction of sp³-hybridized carbons (Fsp3) is 0.235. The molecule has 4 heteroatoms. The van der Waals surface area contributed by atoms with Crippen LogP contribution >= 0.6 is 0 Å². The number of nitrogen functional groups attached to an aromatic ring is 1. The molecular weight excluding hydrogens is 262 g/mol. The largest absolute Gasteiger partial charge is 0.497 e. The van der Waals surface area contributed by atoms with E-state index < -0.39 is 0 Å². The summed E-state index contributed by atoms with van der Waals surface area (Å²) in [6.45, 7) is 4.18. The first-order chi connectivity index (χ1) is 10.1. The molecule has 0 aliphatic rings. The number of imidazole rings is 1. The van der Waals surface area contributed by atoms with E-state index in [2.05, 4.69) is 47.7 Å². The van der Waals surface area contributed by atoms with Gasteiger partial charge < -0.3 is 15.0 Å². The monoisotopic (exact) mass is 281 g/mol. The van der Waals surface area contributed by atoms with Crippen LogP contribution in [0.2, 0.25) is 0 Å². The lowest BCUT2D eigenvalue weighted by Gasteiger charge is -2.17. The number of nitrogens with zero attached hydrogens (tertiary/aromatic N) is 2. The highest BCUT2D eigenvalue weighted by molar-refractivity contribution is 5.81. The highest BCUT2D eigenvalue weighted by Gasteiger charge is 2.16. The van der Waals surface area contributed by atoms with Gasteiger partial charge in [-0.1, -0.05) is 24.3 Å². The van der Waals surface area contributed by atoms with Gasteiger partial charge in [-0.05, 0) is 43.2 Å². The Hall–Kier alpha value is -2.49. The molecule has 1 heterocycles. The first-order valence-corrected chi connectivity index (χ1v) is 6.99. The molecule has 0 aliphatic heterocycles. The van der Waals surface area contributed by atoms with Crippen LogP contribution in [0, 0.1) is 6.92 Å². The van der Waals surface area contributed by atoms with E-state index in [0.29, 0.717) is 5.95 Å². The topological polar surface area (TPSA) is 53.1 Å². The summed E-state index contributed by atoms with van der Waals surface area (Å²) in [6, 6.07) is 14.3. The normalized spacial score (nSPS) is 12.5. The standard InChI is InChI=1S/C17H19N3O/c1-11-5-4-6-15-16(11)19-17(18)20(15)12(2)13-7-9-14(21-3)10-8-13/h4-10,12H,1-3H3,(H2,18,19). The number of aryl methyl sites for hydroxylation is 1. The van der Waals surface area contributed by atoms with Gasteiger partial charge in [-0.2, -0.15) is 0 Å². The van der Waals surface area contributed by atoms with Crippen molar-refractivity contribution < 1.29 is 4.74 Å². The van der Waals surface area contributed by atoms with Crippen LogP contribution in [-0.2, 0) is 0 Å². The molecule has 0 radical (unpaired) electrons. The van der Waals surface area contributed by atoms with Gasteiger partial charge in [0.25, 0.3) is 0 Å². The number of methoxy groups -OCH3 is 1. The Morgan fingerprint density at radius 1 is 1.14 bits per heavy atom. The molecule has 21 heavy (non-hydrogen) atoms. The molecule has 1 aromatic heterocycles. The van der Waals surface area contributed by atoms with E-state index in [1.165, 1.54) is 5.56 Å². The molecular formula is C17H19N3O. The summed E-state index contributed by atoms with van der Waals surface area (Å²) in [5.41, 5.74) is 10.5. The average molecular weight is 281 g/mol. The number of hydrogen-bond donors (Lipinski definition) is 1. The second-order valence-electron chi connectivity index (χ2n) is 5.23. The first kappa shape index (κ1) is 13.5. The zero-order valence-corrected chi connectivity index (χ0v) is 12.5. The summed E-state index contributed by atoms with van der Waals surface area (Å²) in [5.74, 6) is 1.40. The number of anilines is 1. The van der Waals surface area contributed by atoms with Crippen LogP contribution in [0.5, 0.6) is 5.75 Å². The molecule has 0 bridgehead atoms. The number of benzene rings is 2. The molecule has 0 amide bonds. The quantitative estimate of drug-likeness (QED) is 0.798. The van der Waals surface area contributed by atoms with Crippen molar-refractivity contribution in [3.63, 3.8) is 0 Å². The molecule has 0 fully saturated rings. The number of aromatic nitrogens is 2. The van der Waals surface area contributed by atoms with Crippen molar-refractivity contribution >= 4 is 17.0 Å². The molecule has 0 saturated heterocycles. The van der Waals surface area contributed by atoms with Gasteiger partial charge in [0.1, 0.15) is 5.75 Å². The van der Waals surface area contributed by atoms with Crippen molar-refractivity contribution in [3.05, 3.63) is 53.6 Å². The van der Waals surface area contributed by atoms with E-state index in [4.69, 9.17) is 10.5 Å². The summed E-state index contributed by atoms with van der Waals surface area (Å²) in [5, 5.41) is 0. The van der Waals surface area contributed by atoms with Crippen molar-refractivity contribution in [2.75, 3.05) is 12.8 Å². The molecule has 3 rings (SSSR count). The lowest BCUT2D eigenvalue weighted by Crippen LogP contribution is -2.10. The predicted octanol–water partition coefficient (Wildman–Crippen LogP) is 3.54. The van der Waals surface area contributed by atoms with Crippen LogP contribution in [-0.4, -0.2) is 16.7 Å². The number of rotatable bonds is 3. The second-order valence-corrected chi connectivity index (χ2v) is 5.23. The van der Waals surface area contributed by atoms with Crippen LogP contribution in [0.4, 0.5) is 5.95 Å². The molecule has 3 aromatic rings. The molecule has 2 aromatic carbocycles. The Morgan fingerprint density at radius 3 is 2.52 bits per heavy atom. The SMILES string of the molecule is COc1ccc(C(C)n2c(N)nc3c(C)cccc32)cc1. The van der Waals surface area contributed by atoms with Crippen molar-refractivity contribution in [2.45, 2.75) is 19.9 Å². The maximum Gasteiger partial charge on any atom is 0.201 e. The molecule has 0 aliphatic carbocycles. The highest BCUT2D eigenvalue weighted by atomic mass is 16.5. The van der Waals surface area contributed by atoms with Crippen molar-refractivity contribution in [1.82, 2.24) is 9.55 Å². The van der Waals surface area contributed by atoms with Gasteiger partial charge in [0.2, 0.25) is 5.95 Å². The number of ether oxygens (including phenoxy) is 1. The van der Waals surface area contributed by atoms with Crippen LogP contribution < -0.4 is 10.5 Å². The number of nitrogens with two attached hydrogens (primary N) is 1. The summed E-state index contributed by atoms with van der Waals surface area (Å²) < 4.78 is 7.28. The Morgan fingerprint density at radius 2 is 1.86 bits per heavy atom. The van der Waals surface area contributed by atoms with Crippen LogP contribution in [0.15, 0.2) is 42.5 Å². The van der Waals surface area contributed by atoms with Crippen LogP contribution in [0.3, 0.4) is 0 Å². The van der Waals surface area contributed by atoms with Gasteiger partial charge in [-0.3, -0.25) is 0 Å². The van der Waals surface area contributed by atoms with E-state index in [0.717, 1.165) is 22.3 Å². The maximum absolute atomic E-state index is 6.14. The third-order valence-corrected chi connectivity index (χ3v) is 3.93. The van der Waals surface area contributed by atoms with E-state index in [-0.39, 0.29) is 6.04 Å². The minimum atomic E-state index is 0.114. The van der Waals surface area contributed by atoms with Crippen LogP contribution in [0.1, 0.15) is 24.1 Å². The number of hydrogen-bond acceptors (Lipinski definition) is 3. The minimum absolute atomic E-state index is 0.114. The first-order valence-electron chi connectivity index (χ1n) is 6.99. The molecule has 1 unspecified atom stereocenters. The Labute approximate surface area is 124 Å². The third kappa shape index (κ3) is 2.23. The number of fused-ring (bicyclic) bond motifs is 1. The fourth-order valence-corrected chi connectivity index (χ4v) is 2.71. The molecule has 0 spiro atoms. The lowest BCUT2D eigenvalue weighted by atomic mass is 10.1. The predicted molar refractivity (Wildman–Crippen MR) is 85.7 cm³/mol. The Balaban J connectivity index is 2.10. The zero-order chi connectivity index (χ0) is 15.0. The Bertz CT molecular complexity index is 775. The zero-order valence-electron chi connectivity index (χ0n) is 12.5. The smallest absolute Gasteiger partial charge is 0.201 e. The van der Waals surface area contributed by atoms with E-state index in [1.54, 1.807) is 7.11 Å². The van der Waals surface area contributed by atoms with Gasteiger partial charge in [0, 0.05) is 0 Å². The highest BCUT2D eigenvalue weighted by Crippen LogP contribution is 2.29. The average Bonchev–Trinajstić information content (AvgIpc) is 2.84. The molecule has 2 N–H and O–H groups in total. The van der Waals surface area contributed by atoms with Gasteiger partial charge in [-0.25, -0.2) is 4.98 Å². The molecule has 1 atom stereocenters. The fourth-order valence-electron chi connectivity index (χ4n) is 2.71. The lowest BCUT2D eigenvalue weighted by molar-refractivity contribution is 0.414. The summed E-state index contributed by atoms with van der Waals surface area (Å²) in [4.78, 5) is 4.51. The summed E-state index contributed by atoms with van der Waals surface area (Å²) in [6.07, 6.45) is 0. The maximum atomic E-state index is 6.14. The van der Waals surface area contributed by atoms with Crippen molar-refractivity contribution in [3.8, 4) is 5.75 Å². The molecule has 108 valence electrons. The van der Waals surface area contributed by atoms with Gasteiger partial charge >= 0.3 is 0 Å². The molecule has 4 nitrogen and oxygen atoms in total. The molecule has 0 saturated carbocycles. The van der Waals surface area contributed by atoms with Crippen molar-refractivity contribution in [1.29, 1.82) is 0 Å². The van der Waals surface area contributed by atoms with E-state index in [9.17, 15) is 0 Å². The second kappa shape index (κ2) is 5.13. The summed E-state index contributed by atoms with van der Waals surface area (Å²) >= 11 is 0. The minimum Gasteiger partial charge on any atom is -0.497 e. The van der Waals surface area contributed by atoms with E-state index in [1.807, 2.05) is 18.2 Å². The van der Waals surface area contributed by atoms with Crippen molar-refractivity contribution in [2.24, 2.45) is 0 Å². The van der Waals surface area contributed by atoms with Gasteiger partial charge in [0.05, 0.1) is 24.2 Å². The van der Waals surface area contributed by atoms with Crippen LogP contribution in [0.25, 0.3) is 11.0 Å². The van der Waals surface area contributed by atoms with Gasteiger partial charge in [-0.15, -0.1) is 0 Å². The third-order valence-electron chi connectivity index (χ3n) is 3.93. The summed E-state index contributed by atoms with van der Waals surface area (Å²) in [7, 11) is 1.67. The van der Waals surface area contributed by atoms with E-state index >= 15 is 0 Å². The number of para-hydroxylation sites is 1.